The number of hydrogen-bond acceptors (Lipinski definition) is 4. The van der Waals surface area contributed by atoms with E-state index in [1.165, 1.54) is 36.6 Å². The molecule has 144 valence electrons. The van der Waals surface area contributed by atoms with Crippen molar-refractivity contribution < 1.29 is 24.5 Å². The number of nitrogens with one attached hydrogen (secondary N) is 1. The fourth-order valence-electron chi connectivity index (χ4n) is 3.90. The number of benzene rings is 1. The summed E-state index contributed by atoms with van der Waals surface area (Å²) in [6.07, 6.45) is 8.53. The number of aromatic amines is 1. The highest BCUT2D eigenvalue weighted by molar-refractivity contribution is 5.89. The average Bonchev–Trinajstić information content (AvgIpc) is 3.15. The molecule has 0 spiro atoms. The fraction of sp³-hybridized carbons (Fsp3) is 0.400. The Morgan fingerprint density at radius 2 is 1.74 bits per heavy atom. The summed E-state index contributed by atoms with van der Waals surface area (Å²) in [6, 6.07) is 9.90. The molecule has 2 saturated heterocycles. The summed E-state index contributed by atoms with van der Waals surface area (Å²) in [7, 11) is 2.27. The van der Waals surface area contributed by atoms with Gasteiger partial charge in [0.15, 0.2) is 0 Å². The van der Waals surface area contributed by atoms with Gasteiger partial charge in [-0.05, 0) is 57.0 Å². The normalized spacial score (nSPS) is 24.6. The summed E-state index contributed by atoms with van der Waals surface area (Å²) in [5, 5.41) is 16.9. The minimum atomic E-state index is -1.26. The van der Waals surface area contributed by atoms with Crippen LogP contribution >= 0.6 is 0 Å². The highest BCUT2D eigenvalue weighted by Crippen LogP contribution is 2.36. The van der Waals surface area contributed by atoms with Crippen LogP contribution in [0.2, 0.25) is 0 Å². The van der Waals surface area contributed by atoms with E-state index in [4.69, 9.17) is 14.9 Å². The van der Waals surface area contributed by atoms with Crippen LogP contribution in [0.5, 0.6) is 5.75 Å². The SMILES string of the molecule is CN1C2CCC1CC(Oc1ccc3[nH]ccc3c1)C2.O=C(O)/C=C/C(=O)O. The van der Waals surface area contributed by atoms with Crippen LogP contribution in [0.25, 0.3) is 10.9 Å². The Morgan fingerprint density at radius 3 is 2.33 bits per heavy atom. The van der Waals surface area contributed by atoms with E-state index in [1.54, 1.807) is 0 Å². The predicted octanol–water partition coefficient (Wildman–Crippen LogP) is 2.88. The van der Waals surface area contributed by atoms with Gasteiger partial charge < -0.3 is 24.8 Å². The summed E-state index contributed by atoms with van der Waals surface area (Å²) >= 11 is 0. The van der Waals surface area contributed by atoms with Crippen molar-refractivity contribution in [3.05, 3.63) is 42.6 Å². The monoisotopic (exact) mass is 372 g/mol. The molecule has 2 fully saturated rings. The third-order valence-electron chi connectivity index (χ3n) is 5.25. The molecule has 2 bridgehead atoms. The maximum atomic E-state index is 9.55. The van der Waals surface area contributed by atoms with E-state index in [1.807, 2.05) is 6.20 Å². The van der Waals surface area contributed by atoms with Gasteiger partial charge in [-0.3, -0.25) is 0 Å². The Balaban J connectivity index is 0.000000226. The van der Waals surface area contributed by atoms with Crippen LogP contribution in [0.4, 0.5) is 0 Å². The second-order valence-corrected chi connectivity index (χ2v) is 7.00. The van der Waals surface area contributed by atoms with Crippen LogP contribution in [0.1, 0.15) is 25.7 Å². The maximum absolute atomic E-state index is 9.55. The number of carbonyl (C=O) groups is 2. The Labute approximate surface area is 157 Å². The molecule has 2 aliphatic heterocycles. The van der Waals surface area contributed by atoms with E-state index < -0.39 is 11.9 Å². The minimum Gasteiger partial charge on any atom is -0.490 e. The molecular formula is C20H24N2O5. The van der Waals surface area contributed by atoms with Crippen molar-refractivity contribution in [2.45, 2.75) is 43.9 Å². The molecule has 0 aliphatic carbocycles. The van der Waals surface area contributed by atoms with E-state index in [0.717, 1.165) is 17.8 Å². The number of hydrogen-bond donors (Lipinski definition) is 3. The van der Waals surface area contributed by atoms with Gasteiger partial charge in [0, 0.05) is 41.3 Å². The molecule has 4 rings (SSSR count). The highest BCUT2D eigenvalue weighted by Gasteiger charge is 2.39. The first-order valence-corrected chi connectivity index (χ1v) is 9.02. The predicted molar refractivity (Wildman–Crippen MR) is 101 cm³/mol. The van der Waals surface area contributed by atoms with Crippen LogP contribution < -0.4 is 4.74 Å². The van der Waals surface area contributed by atoms with Crippen LogP contribution in [-0.4, -0.2) is 57.3 Å². The summed E-state index contributed by atoms with van der Waals surface area (Å²) < 4.78 is 6.22. The second kappa shape index (κ2) is 8.26. The van der Waals surface area contributed by atoms with Gasteiger partial charge in [-0.25, -0.2) is 9.59 Å². The third kappa shape index (κ3) is 4.89. The average molecular weight is 372 g/mol. The first-order valence-electron chi connectivity index (χ1n) is 9.02. The van der Waals surface area contributed by atoms with E-state index >= 15 is 0 Å². The smallest absolute Gasteiger partial charge is 0.328 e. The van der Waals surface area contributed by atoms with Gasteiger partial charge >= 0.3 is 11.9 Å². The second-order valence-electron chi connectivity index (χ2n) is 7.00. The van der Waals surface area contributed by atoms with E-state index in [0.29, 0.717) is 18.3 Å². The zero-order valence-corrected chi connectivity index (χ0v) is 15.2. The van der Waals surface area contributed by atoms with Crippen molar-refractivity contribution in [1.82, 2.24) is 9.88 Å². The standard InChI is InChI=1S/C16H20N2O.C4H4O4/c1-18-12-2-3-13(18)10-15(9-12)19-14-4-5-16-11(8-14)6-7-17-16;5-3(6)1-2-4(7)8/h4-8,12-13,15,17H,2-3,9-10H2,1H3;1-2H,(H,5,6)(H,7,8)/b;2-1+. The summed E-state index contributed by atoms with van der Waals surface area (Å²) in [5.74, 6) is -1.50. The van der Waals surface area contributed by atoms with Gasteiger partial charge in [-0.1, -0.05) is 0 Å². The highest BCUT2D eigenvalue weighted by atomic mass is 16.5. The molecule has 0 radical (unpaired) electrons. The van der Waals surface area contributed by atoms with Crippen molar-refractivity contribution >= 4 is 22.8 Å². The van der Waals surface area contributed by atoms with E-state index in [9.17, 15) is 9.59 Å². The molecule has 1 aromatic carbocycles. The van der Waals surface area contributed by atoms with Gasteiger partial charge in [-0.2, -0.15) is 0 Å². The van der Waals surface area contributed by atoms with Crippen LogP contribution in [-0.2, 0) is 9.59 Å². The van der Waals surface area contributed by atoms with Gasteiger partial charge in [0.25, 0.3) is 0 Å². The molecule has 3 N–H and O–H groups in total. The Hall–Kier alpha value is -2.80. The molecular weight excluding hydrogens is 348 g/mol. The molecule has 7 nitrogen and oxygen atoms in total. The molecule has 2 atom stereocenters. The van der Waals surface area contributed by atoms with E-state index in [2.05, 4.69) is 41.2 Å². The summed E-state index contributed by atoms with van der Waals surface area (Å²) in [4.78, 5) is 24.9. The topological polar surface area (TPSA) is 103 Å². The molecule has 2 aliphatic rings. The van der Waals surface area contributed by atoms with Gasteiger partial charge in [-0.15, -0.1) is 0 Å². The van der Waals surface area contributed by atoms with Gasteiger partial charge in [0.05, 0.1) is 0 Å². The Bertz CT molecular complexity index is 814. The number of rotatable bonds is 4. The molecule has 7 heteroatoms. The number of fused-ring (bicyclic) bond motifs is 3. The lowest BCUT2D eigenvalue weighted by molar-refractivity contribution is -0.134. The van der Waals surface area contributed by atoms with Crippen molar-refractivity contribution in [3.63, 3.8) is 0 Å². The number of nitrogens with zero attached hydrogens (tertiary/aromatic N) is 1. The zero-order chi connectivity index (χ0) is 19.4. The first-order chi connectivity index (χ1) is 12.9. The van der Waals surface area contributed by atoms with Crippen molar-refractivity contribution in [2.24, 2.45) is 0 Å². The van der Waals surface area contributed by atoms with Crippen LogP contribution in [0, 0.1) is 0 Å². The number of carboxylic acid groups (broad SMARTS) is 2. The van der Waals surface area contributed by atoms with Crippen LogP contribution in [0.3, 0.4) is 0 Å². The number of aromatic nitrogens is 1. The van der Waals surface area contributed by atoms with Crippen molar-refractivity contribution in [3.8, 4) is 5.75 Å². The molecule has 2 aromatic rings. The number of carboxylic acids is 2. The van der Waals surface area contributed by atoms with Gasteiger partial charge in [0.2, 0.25) is 0 Å². The molecule has 1 aromatic heterocycles. The van der Waals surface area contributed by atoms with Gasteiger partial charge in [0.1, 0.15) is 11.9 Å². The van der Waals surface area contributed by atoms with E-state index in [-0.39, 0.29) is 0 Å². The quantitative estimate of drug-likeness (QED) is 0.713. The number of ether oxygens (including phenoxy) is 1. The summed E-state index contributed by atoms with van der Waals surface area (Å²) in [5.41, 5.74) is 1.18. The first kappa shape index (κ1) is 19.0. The lowest BCUT2D eigenvalue weighted by Crippen LogP contribution is -2.43. The van der Waals surface area contributed by atoms with Crippen LogP contribution in [0.15, 0.2) is 42.6 Å². The molecule has 0 saturated carbocycles. The Kier molecular flexibility index (Phi) is 5.81. The largest absolute Gasteiger partial charge is 0.490 e. The molecule has 27 heavy (non-hydrogen) atoms. The maximum Gasteiger partial charge on any atom is 0.328 e. The number of H-pyrrole nitrogens is 1. The third-order valence-corrected chi connectivity index (χ3v) is 5.25. The molecule has 2 unspecified atom stereocenters. The Morgan fingerprint density at radius 1 is 1.11 bits per heavy atom. The lowest BCUT2D eigenvalue weighted by atomic mass is 10.0. The number of aliphatic carboxylic acids is 2. The molecule has 3 heterocycles. The van der Waals surface area contributed by atoms with Crippen molar-refractivity contribution in [1.29, 1.82) is 0 Å². The minimum absolute atomic E-state index is 0.394. The van der Waals surface area contributed by atoms with Crippen molar-refractivity contribution in [2.75, 3.05) is 7.05 Å². The zero-order valence-electron chi connectivity index (χ0n) is 15.2. The fourth-order valence-corrected chi connectivity index (χ4v) is 3.90. The summed E-state index contributed by atoms with van der Waals surface area (Å²) in [6.45, 7) is 0. The lowest BCUT2D eigenvalue weighted by Gasteiger charge is -2.36. The molecule has 0 amide bonds. The number of piperidine rings is 1.